The molecule has 2 aromatic rings. The Balaban J connectivity index is 2.61. The van der Waals surface area contributed by atoms with Gasteiger partial charge < -0.3 is 5.11 Å². The Morgan fingerprint density at radius 3 is 2.63 bits per heavy atom. The second-order valence-electron chi connectivity index (χ2n) is 4.63. The second-order valence-corrected chi connectivity index (χ2v) is 5.63. The lowest BCUT2D eigenvalue weighted by atomic mass is 10.1. The minimum Gasteiger partial charge on any atom is -0.477 e. The van der Waals surface area contributed by atoms with E-state index in [0.717, 1.165) is 11.3 Å². The fourth-order valence-corrected chi connectivity index (χ4v) is 2.88. The summed E-state index contributed by atoms with van der Waals surface area (Å²) in [6.45, 7) is 5.42. The fourth-order valence-electron chi connectivity index (χ4n) is 1.80. The molecule has 0 bridgehead atoms. The van der Waals surface area contributed by atoms with Crippen LogP contribution in [0, 0.1) is 12.7 Å². The van der Waals surface area contributed by atoms with E-state index < -0.39 is 5.97 Å². The molecule has 1 aromatic carbocycles. The molecule has 0 amide bonds. The Morgan fingerprint density at radius 2 is 2.11 bits per heavy atom. The van der Waals surface area contributed by atoms with E-state index in [9.17, 15) is 14.3 Å². The van der Waals surface area contributed by atoms with E-state index in [1.807, 2.05) is 13.8 Å². The molecule has 1 N–H and O–H groups in total. The summed E-state index contributed by atoms with van der Waals surface area (Å²) in [7, 11) is 0. The third kappa shape index (κ3) is 2.51. The van der Waals surface area contributed by atoms with Crippen molar-refractivity contribution in [3.05, 3.63) is 40.2 Å². The van der Waals surface area contributed by atoms with Crippen molar-refractivity contribution in [2.75, 3.05) is 0 Å². The molecule has 100 valence electrons. The van der Waals surface area contributed by atoms with Crippen LogP contribution in [0.25, 0.3) is 10.6 Å². The minimum atomic E-state index is -1.01. The van der Waals surface area contributed by atoms with Crippen LogP contribution in [-0.4, -0.2) is 16.1 Å². The maximum Gasteiger partial charge on any atom is 0.347 e. The van der Waals surface area contributed by atoms with E-state index in [4.69, 9.17) is 0 Å². The van der Waals surface area contributed by atoms with Crippen LogP contribution in [0.15, 0.2) is 18.2 Å². The summed E-state index contributed by atoms with van der Waals surface area (Å²) in [6.07, 6.45) is 0. The Kier molecular flexibility index (Phi) is 3.66. The summed E-state index contributed by atoms with van der Waals surface area (Å²) < 4.78 is 14.0. The van der Waals surface area contributed by atoms with Crippen LogP contribution in [0.2, 0.25) is 0 Å². The maximum absolute atomic E-state index is 14.0. The molecular formula is C14H14FNO2S. The number of carboxylic acids is 1. The molecule has 0 saturated heterocycles. The molecular weight excluding hydrogens is 265 g/mol. The van der Waals surface area contributed by atoms with Crippen molar-refractivity contribution >= 4 is 17.3 Å². The number of aromatic carboxylic acids is 1. The first kappa shape index (κ1) is 13.7. The highest BCUT2D eigenvalue weighted by atomic mass is 32.1. The van der Waals surface area contributed by atoms with Crippen LogP contribution in [0.3, 0.4) is 0 Å². The van der Waals surface area contributed by atoms with Gasteiger partial charge in [-0.2, -0.15) is 0 Å². The summed E-state index contributed by atoms with van der Waals surface area (Å²) in [5.41, 5.74) is 1.39. The first-order chi connectivity index (χ1) is 8.91. The number of hydrogen-bond donors (Lipinski definition) is 1. The van der Waals surface area contributed by atoms with Crippen LogP contribution < -0.4 is 0 Å². The number of aryl methyl sites for hydroxylation is 1. The summed E-state index contributed by atoms with van der Waals surface area (Å²) in [5.74, 6) is -1.37. The molecule has 0 unspecified atom stereocenters. The molecule has 0 spiro atoms. The van der Waals surface area contributed by atoms with Crippen molar-refractivity contribution in [2.45, 2.75) is 26.7 Å². The minimum absolute atomic E-state index is 0.0102. The van der Waals surface area contributed by atoms with Gasteiger partial charge in [-0.25, -0.2) is 14.2 Å². The van der Waals surface area contributed by atoms with E-state index >= 15 is 0 Å². The quantitative estimate of drug-likeness (QED) is 0.921. The van der Waals surface area contributed by atoms with Crippen molar-refractivity contribution < 1.29 is 14.3 Å². The molecule has 0 aliphatic rings. The molecule has 0 radical (unpaired) electrons. The molecule has 0 fully saturated rings. The molecule has 0 aliphatic heterocycles. The van der Waals surface area contributed by atoms with Gasteiger partial charge in [-0.1, -0.05) is 26.0 Å². The molecule has 1 heterocycles. The Hall–Kier alpha value is -1.75. The zero-order chi connectivity index (χ0) is 14.2. The molecule has 0 aliphatic carbocycles. The van der Waals surface area contributed by atoms with Gasteiger partial charge in [0.1, 0.15) is 15.7 Å². The number of halogens is 1. The largest absolute Gasteiger partial charge is 0.477 e. The number of aromatic nitrogens is 1. The Bertz CT molecular complexity index is 634. The fraction of sp³-hybridized carbons (Fsp3) is 0.286. The van der Waals surface area contributed by atoms with Gasteiger partial charge in [-0.05, 0) is 24.5 Å². The summed E-state index contributed by atoms with van der Waals surface area (Å²) >= 11 is 1.02. The smallest absolute Gasteiger partial charge is 0.347 e. The number of thiazole rings is 1. The molecule has 1 aromatic heterocycles. The summed E-state index contributed by atoms with van der Waals surface area (Å²) in [5, 5.41) is 9.59. The van der Waals surface area contributed by atoms with Crippen LogP contribution in [0.5, 0.6) is 0 Å². The van der Waals surface area contributed by atoms with Gasteiger partial charge in [0, 0.05) is 5.56 Å². The number of benzene rings is 1. The summed E-state index contributed by atoms with van der Waals surface area (Å²) in [4.78, 5) is 15.7. The average molecular weight is 279 g/mol. The normalized spacial score (nSPS) is 11.0. The Labute approximate surface area is 114 Å². The lowest BCUT2D eigenvalue weighted by Crippen LogP contribution is -2.00. The molecule has 0 atom stereocenters. The van der Waals surface area contributed by atoms with E-state index in [1.54, 1.807) is 25.1 Å². The molecule has 3 nitrogen and oxygen atoms in total. The zero-order valence-corrected chi connectivity index (χ0v) is 11.7. The van der Waals surface area contributed by atoms with Crippen molar-refractivity contribution in [3.63, 3.8) is 0 Å². The topological polar surface area (TPSA) is 50.2 Å². The van der Waals surface area contributed by atoms with Crippen molar-refractivity contribution in [1.29, 1.82) is 0 Å². The van der Waals surface area contributed by atoms with E-state index in [-0.39, 0.29) is 16.6 Å². The number of hydrogen-bond acceptors (Lipinski definition) is 3. The average Bonchev–Trinajstić information content (AvgIpc) is 2.77. The highest BCUT2D eigenvalue weighted by Crippen LogP contribution is 2.33. The van der Waals surface area contributed by atoms with Crippen molar-refractivity contribution in [2.24, 2.45) is 0 Å². The molecule has 5 heteroatoms. The summed E-state index contributed by atoms with van der Waals surface area (Å²) in [6, 6.07) is 5.04. The number of rotatable bonds is 3. The first-order valence-corrected chi connectivity index (χ1v) is 6.73. The SMILES string of the molecule is Cc1cccc(-c2nc(C(C)C)c(C(=O)O)s2)c1F. The number of carboxylic acid groups (broad SMARTS) is 1. The van der Waals surface area contributed by atoms with E-state index in [1.165, 1.54) is 0 Å². The zero-order valence-electron chi connectivity index (χ0n) is 10.9. The standard InChI is InChI=1S/C14H14FNO2S/c1-7(2)11-12(14(17)18)19-13(16-11)9-6-4-5-8(3)10(9)15/h4-7H,1-3H3,(H,17,18). The number of carbonyl (C=O) groups is 1. The van der Waals surface area contributed by atoms with Crippen molar-refractivity contribution in [1.82, 2.24) is 4.98 Å². The third-order valence-corrected chi connectivity index (χ3v) is 3.91. The van der Waals surface area contributed by atoms with Gasteiger partial charge in [-0.15, -0.1) is 11.3 Å². The van der Waals surface area contributed by atoms with Gasteiger partial charge >= 0.3 is 5.97 Å². The highest BCUT2D eigenvalue weighted by molar-refractivity contribution is 7.17. The van der Waals surface area contributed by atoms with E-state index in [2.05, 4.69) is 4.98 Å². The predicted molar refractivity (Wildman–Crippen MR) is 73.3 cm³/mol. The maximum atomic E-state index is 14.0. The van der Waals surface area contributed by atoms with Gasteiger partial charge in [0.25, 0.3) is 0 Å². The number of nitrogens with zero attached hydrogens (tertiary/aromatic N) is 1. The lowest BCUT2D eigenvalue weighted by Gasteiger charge is -2.02. The molecule has 19 heavy (non-hydrogen) atoms. The van der Waals surface area contributed by atoms with Crippen LogP contribution >= 0.6 is 11.3 Å². The van der Waals surface area contributed by atoms with Gasteiger partial charge in [0.2, 0.25) is 0 Å². The van der Waals surface area contributed by atoms with Crippen LogP contribution in [0.1, 0.15) is 40.7 Å². The second kappa shape index (κ2) is 5.09. The van der Waals surface area contributed by atoms with Crippen molar-refractivity contribution in [3.8, 4) is 10.6 Å². The first-order valence-electron chi connectivity index (χ1n) is 5.91. The lowest BCUT2D eigenvalue weighted by molar-refractivity contribution is 0.0700. The third-order valence-electron chi connectivity index (χ3n) is 2.82. The predicted octanol–water partition coefficient (Wildman–Crippen LogP) is 4.08. The van der Waals surface area contributed by atoms with Gasteiger partial charge in [0.05, 0.1) is 5.69 Å². The Morgan fingerprint density at radius 1 is 1.42 bits per heavy atom. The highest BCUT2D eigenvalue weighted by Gasteiger charge is 2.21. The van der Waals surface area contributed by atoms with Gasteiger partial charge in [0.15, 0.2) is 0 Å². The monoisotopic (exact) mass is 279 g/mol. The molecule has 0 saturated carbocycles. The van der Waals surface area contributed by atoms with E-state index in [0.29, 0.717) is 21.8 Å². The van der Waals surface area contributed by atoms with Gasteiger partial charge in [-0.3, -0.25) is 0 Å². The van der Waals surface area contributed by atoms with Crippen LogP contribution in [-0.2, 0) is 0 Å². The molecule has 2 rings (SSSR count). The van der Waals surface area contributed by atoms with Crippen LogP contribution in [0.4, 0.5) is 4.39 Å².